The summed E-state index contributed by atoms with van der Waals surface area (Å²) in [6, 6.07) is 7.18. The average Bonchev–Trinajstić information content (AvgIpc) is 2.50. The molecule has 1 aromatic rings. The summed E-state index contributed by atoms with van der Waals surface area (Å²) in [6.45, 7) is 11.4. The standard InChI is InChI=1S/C20H28O4/c1-6-8-9-17(19(22)24-20(3,4)5)14-15-10-12-16(13-11-15)18(21)23-7-2/h6,10-13,17H,1,7-9,14H2,2-5H3. The number of carbonyl (C=O) groups is 2. The van der Waals surface area contributed by atoms with E-state index in [2.05, 4.69) is 6.58 Å². The summed E-state index contributed by atoms with van der Waals surface area (Å²) in [6.07, 6.45) is 3.83. The SMILES string of the molecule is C=CCCC(Cc1ccc(C(=O)OCC)cc1)C(=O)OC(C)(C)C. The van der Waals surface area contributed by atoms with Crippen LogP contribution in [-0.2, 0) is 20.7 Å². The van der Waals surface area contributed by atoms with E-state index in [0.29, 0.717) is 25.0 Å². The summed E-state index contributed by atoms with van der Waals surface area (Å²) in [5.74, 6) is -0.756. The molecule has 0 amide bonds. The van der Waals surface area contributed by atoms with Crippen LogP contribution in [0.3, 0.4) is 0 Å². The Morgan fingerprint density at radius 1 is 1.21 bits per heavy atom. The van der Waals surface area contributed by atoms with Gasteiger partial charge in [0, 0.05) is 0 Å². The normalized spacial score (nSPS) is 12.3. The fraction of sp³-hybridized carbons (Fsp3) is 0.500. The van der Waals surface area contributed by atoms with Crippen molar-refractivity contribution in [1.29, 1.82) is 0 Å². The zero-order chi connectivity index (χ0) is 18.2. The quantitative estimate of drug-likeness (QED) is 0.525. The maximum Gasteiger partial charge on any atom is 0.338 e. The number of benzene rings is 1. The molecule has 0 aliphatic rings. The highest BCUT2D eigenvalue weighted by molar-refractivity contribution is 5.89. The Hall–Kier alpha value is -2.10. The number of ether oxygens (including phenoxy) is 2. The monoisotopic (exact) mass is 332 g/mol. The van der Waals surface area contributed by atoms with Crippen LogP contribution in [0.15, 0.2) is 36.9 Å². The smallest absolute Gasteiger partial charge is 0.338 e. The first-order valence-corrected chi connectivity index (χ1v) is 8.36. The van der Waals surface area contributed by atoms with Crippen LogP contribution in [0.5, 0.6) is 0 Å². The Balaban J connectivity index is 2.80. The average molecular weight is 332 g/mol. The van der Waals surface area contributed by atoms with Gasteiger partial charge in [0.1, 0.15) is 5.60 Å². The molecule has 0 radical (unpaired) electrons. The van der Waals surface area contributed by atoms with Crippen molar-refractivity contribution in [3.05, 3.63) is 48.0 Å². The van der Waals surface area contributed by atoms with E-state index in [-0.39, 0.29) is 17.9 Å². The number of carbonyl (C=O) groups excluding carboxylic acids is 2. The van der Waals surface area contributed by atoms with Crippen molar-refractivity contribution < 1.29 is 19.1 Å². The van der Waals surface area contributed by atoms with Crippen LogP contribution in [0.25, 0.3) is 0 Å². The van der Waals surface area contributed by atoms with E-state index in [0.717, 1.165) is 12.0 Å². The van der Waals surface area contributed by atoms with Crippen molar-refractivity contribution >= 4 is 11.9 Å². The van der Waals surface area contributed by atoms with E-state index >= 15 is 0 Å². The van der Waals surface area contributed by atoms with E-state index in [9.17, 15) is 9.59 Å². The first-order chi connectivity index (χ1) is 11.3. The fourth-order valence-electron chi connectivity index (χ4n) is 2.28. The molecule has 0 saturated heterocycles. The number of hydrogen-bond acceptors (Lipinski definition) is 4. The largest absolute Gasteiger partial charge is 0.462 e. The highest BCUT2D eigenvalue weighted by Crippen LogP contribution is 2.20. The Morgan fingerprint density at radius 2 is 1.83 bits per heavy atom. The van der Waals surface area contributed by atoms with Gasteiger partial charge in [-0.1, -0.05) is 18.2 Å². The van der Waals surface area contributed by atoms with Crippen LogP contribution in [0.1, 0.15) is 56.5 Å². The molecule has 4 nitrogen and oxygen atoms in total. The minimum Gasteiger partial charge on any atom is -0.462 e. The molecule has 0 aliphatic heterocycles. The van der Waals surface area contributed by atoms with Crippen molar-refractivity contribution in [2.45, 2.75) is 52.6 Å². The van der Waals surface area contributed by atoms with Crippen LogP contribution < -0.4 is 0 Å². The van der Waals surface area contributed by atoms with Gasteiger partial charge in [-0.3, -0.25) is 4.79 Å². The minimum absolute atomic E-state index is 0.196. The van der Waals surface area contributed by atoms with Crippen molar-refractivity contribution in [1.82, 2.24) is 0 Å². The Bertz CT molecular complexity index is 552. The molecule has 0 saturated carbocycles. The number of hydrogen-bond donors (Lipinski definition) is 0. The summed E-state index contributed by atoms with van der Waals surface area (Å²) >= 11 is 0. The molecule has 24 heavy (non-hydrogen) atoms. The second-order valence-electron chi connectivity index (χ2n) is 6.72. The lowest BCUT2D eigenvalue weighted by atomic mass is 9.94. The van der Waals surface area contributed by atoms with Gasteiger partial charge in [0.15, 0.2) is 0 Å². The van der Waals surface area contributed by atoms with Gasteiger partial charge in [0.05, 0.1) is 18.1 Å². The lowest BCUT2D eigenvalue weighted by Gasteiger charge is -2.24. The maximum absolute atomic E-state index is 12.4. The van der Waals surface area contributed by atoms with Crippen LogP contribution in [0.2, 0.25) is 0 Å². The second kappa shape index (κ2) is 9.26. The second-order valence-corrected chi connectivity index (χ2v) is 6.72. The molecule has 0 fully saturated rings. The van der Waals surface area contributed by atoms with Gasteiger partial charge in [-0.05, 0) is 64.7 Å². The van der Waals surface area contributed by atoms with Crippen LogP contribution in [-0.4, -0.2) is 24.1 Å². The fourth-order valence-corrected chi connectivity index (χ4v) is 2.28. The summed E-state index contributed by atoms with van der Waals surface area (Å²) in [5, 5.41) is 0. The van der Waals surface area contributed by atoms with Crippen LogP contribution in [0, 0.1) is 5.92 Å². The molecule has 0 spiro atoms. The first kappa shape index (κ1) is 19.9. The van der Waals surface area contributed by atoms with E-state index in [4.69, 9.17) is 9.47 Å². The van der Waals surface area contributed by atoms with Gasteiger partial charge in [-0.2, -0.15) is 0 Å². The highest BCUT2D eigenvalue weighted by Gasteiger charge is 2.25. The zero-order valence-corrected chi connectivity index (χ0v) is 15.1. The van der Waals surface area contributed by atoms with Gasteiger partial charge < -0.3 is 9.47 Å². The van der Waals surface area contributed by atoms with Crippen molar-refractivity contribution in [2.75, 3.05) is 6.61 Å². The molecule has 1 atom stereocenters. The third-order valence-electron chi connectivity index (χ3n) is 3.41. The summed E-state index contributed by atoms with van der Waals surface area (Å²) in [4.78, 5) is 24.1. The first-order valence-electron chi connectivity index (χ1n) is 8.36. The summed E-state index contributed by atoms with van der Waals surface area (Å²) in [5.41, 5.74) is 1.00. The maximum atomic E-state index is 12.4. The van der Waals surface area contributed by atoms with Gasteiger partial charge in [-0.15, -0.1) is 6.58 Å². The number of allylic oxidation sites excluding steroid dienone is 1. The highest BCUT2D eigenvalue weighted by atomic mass is 16.6. The molecule has 0 bridgehead atoms. The molecule has 132 valence electrons. The molecule has 0 heterocycles. The third-order valence-corrected chi connectivity index (χ3v) is 3.41. The summed E-state index contributed by atoms with van der Waals surface area (Å²) in [7, 11) is 0. The third kappa shape index (κ3) is 6.99. The lowest BCUT2D eigenvalue weighted by molar-refractivity contribution is -0.160. The Labute approximate surface area is 144 Å². The topological polar surface area (TPSA) is 52.6 Å². The van der Waals surface area contributed by atoms with Crippen LogP contribution >= 0.6 is 0 Å². The van der Waals surface area contributed by atoms with Gasteiger partial charge >= 0.3 is 11.9 Å². The molecule has 0 aromatic heterocycles. The van der Waals surface area contributed by atoms with E-state index < -0.39 is 5.60 Å². The predicted octanol–water partition coefficient (Wildman–Crippen LogP) is 4.33. The molecule has 0 aliphatic carbocycles. The Kier molecular flexibility index (Phi) is 7.69. The molecular formula is C20H28O4. The molecular weight excluding hydrogens is 304 g/mol. The molecule has 0 N–H and O–H groups in total. The molecule has 4 heteroatoms. The zero-order valence-electron chi connectivity index (χ0n) is 15.1. The van der Waals surface area contributed by atoms with Gasteiger partial charge in [-0.25, -0.2) is 4.79 Å². The summed E-state index contributed by atoms with van der Waals surface area (Å²) < 4.78 is 10.5. The van der Waals surface area contributed by atoms with Gasteiger partial charge in [0.2, 0.25) is 0 Å². The van der Waals surface area contributed by atoms with Gasteiger partial charge in [0.25, 0.3) is 0 Å². The van der Waals surface area contributed by atoms with Crippen molar-refractivity contribution in [3.8, 4) is 0 Å². The number of esters is 2. The van der Waals surface area contributed by atoms with Crippen LogP contribution in [0.4, 0.5) is 0 Å². The molecule has 1 aromatic carbocycles. The molecule has 1 rings (SSSR count). The minimum atomic E-state index is -0.503. The predicted molar refractivity (Wildman–Crippen MR) is 94.9 cm³/mol. The van der Waals surface area contributed by atoms with Crippen molar-refractivity contribution in [3.63, 3.8) is 0 Å². The van der Waals surface area contributed by atoms with E-state index in [1.807, 2.05) is 32.9 Å². The Morgan fingerprint density at radius 3 is 2.33 bits per heavy atom. The van der Waals surface area contributed by atoms with Crippen molar-refractivity contribution in [2.24, 2.45) is 5.92 Å². The van der Waals surface area contributed by atoms with E-state index in [1.54, 1.807) is 25.1 Å². The number of rotatable bonds is 8. The lowest BCUT2D eigenvalue weighted by Crippen LogP contribution is -2.29. The molecule has 1 unspecified atom stereocenters. The van der Waals surface area contributed by atoms with E-state index in [1.165, 1.54) is 0 Å².